The normalized spacial score (nSPS) is 14.7. The average molecular weight is 419 g/mol. The zero-order chi connectivity index (χ0) is 20.5. The summed E-state index contributed by atoms with van der Waals surface area (Å²) in [4.78, 5) is 17.2. The van der Waals surface area contributed by atoms with Crippen LogP contribution < -0.4 is 5.32 Å². The molecule has 0 saturated heterocycles. The molecule has 0 radical (unpaired) electrons. The number of rotatable bonds is 7. The Hall–Kier alpha value is -3.06. The van der Waals surface area contributed by atoms with E-state index in [1.165, 1.54) is 11.8 Å². The van der Waals surface area contributed by atoms with E-state index >= 15 is 0 Å². The van der Waals surface area contributed by atoms with E-state index in [1.807, 2.05) is 72.3 Å². The molecule has 0 bridgehead atoms. The minimum atomic E-state index is -0.206. The first-order valence-electron chi connectivity index (χ1n) is 10.1. The minimum absolute atomic E-state index is 0.0722. The van der Waals surface area contributed by atoms with Crippen molar-refractivity contribution in [2.24, 2.45) is 0 Å². The highest BCUT2D eigenvalue weighted by atomic mass is 32.2. The van der Waals surface area contributed by atoms with Crippen molar-refractivity contribution in [2.75, 3.05) is 5.75 Å². The van der Waals surface area contributed by atoms with Crippen LogP contribution in [0.5, 0.6) is 0 Å². The van der Waals surface area contributed by atoms with Gasteiger partial charge in [-0.2, -0.15) is 0 Å². The molecular weight excluding hydrogens is 396 g/mol. The molecule has 6 nitrogen and oxygen atoms in total. The first-order valence-corrected chi connectivity index (χ1v) is 11.1. The van der Waals surface area contributed by atoms with Gasteiger partial charge in [-0.05, 0) is 44.0 Å². The first kappa shape index (κ1) is 18.9. The van der Waals surface area contributed by atoms with Crippen LogP contribution in [0.15, 0.2) is 70.2 Å². The van der Waals surface area contributed by atoms with Gasteiger partial charge >= 0.3 is 0 Å². The largest absolute Gasteiger partial charge is 0.459 e. The summed E-state index contributed by atoms with van der Waals surface area (Å²) in [5.74, 6) is 2.38. The molecule has 0 aliphatic heterocycles. The van der Waals surface area contributed by atoms with E-state index < -0.39 is 0 Å². The molecule has 152 valence electrons. The molecular formula is C23H22N4O2S. The van der Waals surface area contributed by atoms with Gasteiger partial charge in [0.1, 0.15) is 17.2 Å². The van der Waals surface area contributed by atoms with Crippen LogP contribution in [0.25, 0.3) is 16.7 Å². The molecule has 7 heteroatoms. The van der Waals surface area contributed by atoms with Gasteiger partial charge < -0.3 is 9.73 Å². The van der Waals surface area contributed by atoms with E-state index in [0.717, 1.165) is 41.1 Å². The number of thioether (sulfide) groups is 1. The molecule has 1 N–H and O–H groups in total. The van der Waals surface area contributed by atoms with E-state index in [9.17, 15) is 4.79 Å². The number of aromatic nitrogens is 3. The van der Waals surface area contributed by atoms with Crippen molar-refractivity contribution in [1.29, 1.82) is 0 Å². The number of hydrogen-bond acceptors (Lipinski definition) is 5. The zero-order valence-corrected chi connectivity index (χ0v) is 17.4. The molecule has 1 amide bonds. The van der Waals surface area contributed by atoms with E-state index in [-0.39, 0.29) is 17.7 Å². The number of carbonyl (C=O) groups is 1. The Kier molecular flexibility index (Phi) is 5.04. The van der Waals surface area contributed by atoms with Gasteiger partial charge in [0, 0.05) is 11.3 Å². The van der Waals surface area contributed by atoms with Gasteiger partial charge in [-0.1, -0.05) is 48.2 Å². The molecule has 1 fully saturated rings. The van der Waals surface area contributed by atoms with Gasteiger partial charge in [0.05, 0.1) is 17.5 Å². The van der Waals surface area contributed by atoms with Crippen LogP contribution >= 0.6 is 11.8 Å². The molecule has 2 aromatic carbocycles. The minimum Gasteiger partial charge on any atom is -0.459 e. The van der Waals surface area contributed by atoms with Crippen molar-refractivity contribution in [2.45, 2.75) is 36.9 Å². The number of carbonyl (C=O) groups excluding carboxylic acids is 1. The lowest BCUT2D eigenvalue weighted by atomic mass is 10.2. The predicted molar refractivity (Wildman–Crippen MR) is 117 cm³/mol. The smallest absolute Gasteiger partial charge is 0.231 e. The van der Waals surface area contributed by atoms with Crippen molar-refractivity contribution in [1.82, 2.24) is 20.1 Å². The predicted octanol–water partition coefficient (Wildman–Crippen LogP) is 4.86. The fourth-order valence-electron chi connectivity index (χ4n) is 3.43. The summed E-state index contributed by atoms with van der Waals surface area (Å²) in [5.41, 5.74) is 1.83. The Morgan fingerprint density at radius 1 is 1.20 bits per heavy atom. The maximum atomic E-state index is 12.5. The summed E-state index contributed by atoms with van der Waals surface area (Å²) in [6.45, 7) is 1.92. The van der Waals surface area contributed by atoms with E-state index in [0.29, 0.717) is 11.1 Å². The molecule has 0 spiro atoms. The summed E-state index contributed by atoms with van der Waals surface area (Å²) in [7, 11) is 0. The highest BCUT2D eigenvalue weighted by Gasteiger charge is 2.30. The molecule has 0 unspecified atom stereocenters. The van der Waals surface area contributed by atoms with Crippen molar-refractivity contribution in [3.05, 3.63) is 72.2 Å². The van der Waals surface area contributed by atoms with E-state index in [1.54, 1.807) is 0 Å². The van der Waals surface area contributed by atoms with Gasteiger partial charge in [-0.25, -0.2) is 9.67 Å². The number of benzene rings is 2. The third kappa shape index (κ3) is 3.98. The lowest BCUT2D eigenvalue weighted by Crippen LogP contribution is -2.27. The van der Waals surface area contributed by atoms with Crippen molar-refractivity contribution < 1.29 is 9.21 Å². The Morgan fingerprint density at radius 2 is 1.97 bits per heavy atom. The fourth-order valence-corrected chi connectivity index (χ4v) is 4.07. The van der Waals surface area contributed by atoms with Crippen LogP contribution in [0.3, 0.4) is 0 Å². The van der Waals surface area contributed by atoms with Gasteiger partial charge in [0.2, 0.25) is 11.1 Å². The van der Waals surface area contributed by atoms with Gasteiger partial charge in [-0.3, -0.25) is 4.79 Å². The molecule has 1 atom stereocenters. The summed E-state index contributed by atoms with van der Waals surface area (Å²) in [5, 5.41) is 9.31. The SMILES string of the molecule is C[C@@H](NC(=O)CSc1nc(C2CC2)n(-c2ccccc2)n1)c1cc2ccccc2o1. The van der Waals surface area contributed by atoms with E-state index in [4.69, 9.17) is 9.40 Å². The monoisotopic (exact) mass is 418 g/mol. The van der Waals surface area contributed by atoms with Gasteiger partial charge in [-0.15, -0.1) is 5.10 Å². The van der Waals surface area contributed by atoms with Crippen LogP contribution in [0.4, 0.5) is 0 Å². The molecule has 4 aromatic rings. The molecule has 2 heterocycles. The maximum Gasteiger partial charge on any atom is 0.231 e. The van der Waals surface area contributed by atoms with Crippen molar-refractivity contribution >= 4 is 28.6 Å². The number of hydrogen-bond donors (Lipinski definition) is 1. The standard InChI is InChI=1S/C23H22N4O2S/c1-15(20-13-17-7-5-6-10-19(17)29-20)24-21(28)14-30-23-25-22(16-11-12-16)27(26-23)18-8-3-2-4-9-18/h2-10,13,15-16H,11-12,14H2,1H3,(H,24,28)/t15-/m1/s1. The quantitative estimate of drug-likeness (QED) is 0.434. The summed E-state index contributed by atoms with van der Waals surface area (Å²) < 4.78 is 7.76. The van der Waals surface area contributed by atoms with Crippen LogP contribution in [-0.4, -0.2) is 26.4 Å². The van der Waals surface area contributed by atoms with Crippen LogP contribution in [0.2, 0.25) is 0 Å². The molecule has 2 aromatic heterocycles. The number of nitrogens with one attached hydrogen (secondary N) is 1. The Labute approximate surface area is 178 Å². The second kappa shape index (κ2) is 7.99. The lowest BCUT2D eigenvalue weighted by Gasteiger charge is -2.10. The third-order valence-electron chi connectivity index (χ3n) is 5.14. The Bertz CT molecular complexity index is 1150. The third-order valence-corrected chi connectivity index (χ3v) is 5.97. The number of fused-ring (bicyclic) bond motifs is 1. The zero-order valence-electron chi connectivity index (χ0n) is 16.6. The molecule has 1 saturated carbocycles. The van der Waals surface area contributed by atoms with Crippen molar-refractivity contribution in [3.8, 4) is 5.69 Å². The highest BCUT2D eigenvalue weighted by Crippen LogP contribution is 2.40. The number of furan rings is 1. The first-order chi connectivity index (χ1) is 14.7. The number of nitrogens with zero attached hydrogens (tertiary/aromatic N) is 3. The van der Waals surface area contributed by atoms with Gasteiger partial charge in [0.25, 0.3) is 0 Å². The molecule has 1 aliphatic rings. The lowest BCUT2D eigenvalue weighted by molar-refractivity contribution is -0.119. The van der Waals surface area contributed by atoms with Crippen LogP contribution in [-0.2, 0) is 4.79 Å². The second-order valence-corrected chi connectivity index (χ2v) is 8.48. The highest BCUT2D eigenvalue weighted by molar-refractivity contribution is 7.99. The summed E-state index contributed by atoms with van der Waals surface area (Å²) in [6.07, 6.45) is 2.29. The fraction of sp³-hybridized carbons (Fsp3) is 0.261. The van der Waals surface area contributed by atoms with Crippen LogP contribution in [0.1, 0.15) is 43.3 Å². The van der Waals surface area contributed by atoms with Crippen molar-refractivity contribution in [3.63, 3.8) is 0 Å². The van der Waals surface area contributed by atoms with E-state index in [2.05, 4.69) is 10.4 Å². The van der Waals surface area contributed by atoms with Crippen LogP contribution in [0, 0.1) is 0 Å². The Morgan fingerprint density at radius 3 is 2.73 bits per heavy atom. The molecule has 30 heavy (non-hydrogen) atoms. The second-order valence-electron chi connectivity index (χ2n) is 7.54. The topological polar surface area (TPSA) is 73.0 Å². The van der Waals surface area contributed by atoms with Gasteiger partial charge in [0.15, 0.2) is 0 Å². The molecule has 5 rings (SSSR count). The summed E-state index contributed by atoms with van der Waals surface area (Å²) in [6, 6.07) is 19.6. The average Bonchev–Trinajstić information content (AvgIpc) is 3.37. The maximum absolute atomic E-state index is 12.5. The molecule has 1 aliphatic carbocycles. The summed E-state index contributed by atoms with van der Waals surface area (Å²) >= 11 is 1.36. The number of para-hydroxylation sites is 2. The Balaban J connectivity index is 1.24. The number of amides is 1.